The highest BCUT2D eigenvalue weighted by Gasteiger charge is 2.03. The van der Waals surface area contributed by atoms with Crippen molar-refractivity contribution in [1.82, 2.24) is 4.98 Å². The van der Waals surface area contributed by atoms with Gasteiger partial charge in [-0.25, -0.2) is 4.98 Å². The highest BCUT2D eigenvalue weighted by Crippen LogP contribution is 2.25. The van der Waals surface area contributed by atoms with Gasteiger partial charge in [0.15, 0.2) is 11.6 Å². The van der Waals surface area contributed by atoms with E-state index >= 15 is 0 Å². The van der Waals surface area contributed by atoms with E-state index in [0.29, 0.717) is 30.2 Å². The molecule has 98 valence electrons. The molecule has 5 heteroatoms. The zero-order chi connectivity index (χ0) is 13.7. The molecule has 0 spiro atoms. The van der Waals surface area contributed by atoms with Crippen molar-refractivity contribution in [3.63, 3.8) is 0 Å². The van der Waals surface area contributed by atoms with Gasteiger partial charge in [-0.05, 0) is 36.2 Å². The van der Waals surface area contributed by atoms with Gasteiger partial charge in [0.25, 0.3) is 0 Å². The first-order chi connectivity index (χ1) is 9.15. The third-order valence-electron chi connectivity index (χ3n) is 2.61. The summed E-state index contributed by atoms with van der Waals surface area (Å²) in [6.07, 6.45) is 2.58. The third kappa shape index (κ3) is 3.70. The highest BCUT2D eigenvalue weighted by molar-refractivity contribution is 5.74. The van der Waals surface area contributed by atoms with Crippen LogP contribution in [0.25, 0.3) is 0 Å². The Hall–Kier alpha value is -2.56. The van der Waals surface area contributed by atoms with Crippen LogP contribution in [-0.2, 0) is 11.2 Å². The molecule has 0 fully saturated rings. The normalized spacial score (nSPS) is 10.1. The van der Waals surface area contributed by atoms with E-state index in [1.165, 1.54) is 0 Å². The number of aromatic nitrogens is 1. The minimum Gasteiger partial charge on any atom is -0.453 e. The summed E-state index contributed by atoms with van der Waals surface area (Å²) in [4.78, 5) is 14.6. The van der Waals surface area contributed by atoms with E-state index in [-0.39, 0.29) is 5.91 Å². The highest BCUT2D eigenvalue weighted by atomic mass is 16.5. The van der Waals surface area contributed by atoms with Gasteiger partial charge in [0.1, 0.15) is 5.75 Å². The molecule has 1 aromatic carbocycles. The van der Waals surface area contributed by atoms with Gasteiger partial charge in [0.05, 0.1) is 0 Å². The van der Waals surface area contributed by atoms with Crippen LogP contribution < -0.4 is 16.2 Å². The second-order valence-corrected chi connectivity index (χ2v) is 4.10. The number of carbonyl (C=O) groups excluding carboxylic acids is 1. The number of benzene rings is 1. The molecular weight excluding hydrogens is 242 g/mol. The Morgan fingerprint density at radius 2 is 1.95 bits per heavy atom. The number of aryl methyl sites for hydroxylation is 1. The number of carbonyl (C=O) groups is 1. The summed E-state index contributed by atoms with van der Waals surface area (Å²) in [6.45, 7) is 0. The van der Waals surface area contributed by atoms with E-state index in [0.717, 1.165) is 5.56 Å². The summed E-state index contributed by atoms with van der Waals surface area (Å²) in [7, 11) is 0. The van der Waals surface area contributed by atoms with Crippen LogP contribution in [0.2, 0.25) is 0 Å². The summed E-state index contributed by atoms with van der Waals surface area (Å²) in [5.41, 5.74) is 11.8. The molecular formula is C14H15N3O2. The van der Waals surface area contributed by atoms with E-state index in [4.69, 9.17) is 16.2 Å². The van der Waals surface area contributed by atoms with E-state index in [1.807, 2.05) is 24.3 Å². The first kappa shape index (κ1) is 12.9. The van der Waals surface area contributed by atoms with E-state index < -0.39 is 0 Å². The largest absolute Gasteiger partial charge is 0.453 e. The number of amides is 1. The minimum absolute atomic E-state index is 0.302. The van der Waals surface area contributed by atoms with Crippen LogP contribution in [0.5, 0.6) is 11.5 Å². The van der Waals surface area contributed by atoms with Crippen molar-refractivity contribution in [1.29, 1.82) is 0 Å². The molecule has 1 heterocycles. The van der Waals surface area contributed by atoms with Crippen LogP contribution in [0.1, 0.15) is 12.0 Å². The third-order valence-corrected chi connectivity index (χ3v) is 2.61. The molecule has 2 rings (SSSR count). The van der Waals surface area contributed by atoms with Gasteiger partial charge in [0, 0.05) is 12.6 Å². The molecule has 0 radical (unpaired) electrons. The predicted octanol–water partition coefficient (Wildman–Crippen LogP) is 1.87. The summed E-state index contributed by atoms with van der Waals surface area (Å²) in [5.74, 6) is 1.23. The lowest BCUT2D eigenvalue weighted by Gasteiger charge is -2.08. The van der Waals surface area contributed by atoms with E-state index in [2.05, 4.69) is 4.98 Å². The topological polar surface area (TPSA) is 91.2 Å². The molecule has 4 N–H and O–H groups in total. The van der Waals surface area contributed by atoms with Gasteiger partial charge >= 0.3 is 0 Å². The molecule has 0 aliphatic heterocycles. The van der Waals surface area contributed by atoms with Gasteiger partial charge in [0.2, 0.25) is 5.91 Å². The summed E-state index contributed by atoms with van der Waals surface area (Å²) in [6, 6.07) is 10.9. The number of nitrogen functional groups attached to an aromatic ring is 1. The van der Waals surface area contributed by atoms with Gasteiger partial charge in [-0.1, -0.05) is 12.1 Å². The monoisotopic (exact) mass is 257 g/mol. The Bertz CT molecular complexity index is 567. The smallest absolute Gasteiger partial charge is 0.217 e. The molecule has 0 unspecified atom stereocenters. The molecule has 0 saturated carbocycles. The van der Waals surface area contributed by atoms with Crippen molar-refractivity contribution in [3.05, 3.63) is 48.2 Å². The lowest BCUT2D eigenvalue weighted by atomic mass is 10.1. The van der Waals surface area contributed by atoms with Crippen molar-refractivity contribution in [3.8, 4) is 11.5 Å². The first-order valence-corrected chi connectivity index (χ1v) is 5.91. The number of nitrogens with zero attached hydrogens (tertiary/aromatic N) is 1. The molecule has 2 aromatic rings. The molecule has 0 saturated heterocycles. The molecule has 0 aliphatic carbocycles. The van der Waals surface area contributed by atoms with Crippen molar-refractivity contribution >= 4 is 11.7 Å². The summed E-state index contributed by atoms with van der Waals surface area (Å²) < 4.78 is 5.61. The standard InChI is InChI=1S/C14H15N3O2/c15-13(18)8-5-10-3-6-11(7-4-10)19-12-2-1-9-17-14(12)16/h1-4,6-7,9H,5,8H2,(H2,15,18)(H2,16,17). The first-order valence-electron chi connectivity index (χ1n) is 5.91. The SMILES string of the molecule is NC(=O)CCc1ccc(Oc2cccnc2N)cc1. The number of rotatable bonds is 5. The van der Waals surface area contributed by atoms with Crippen LogP contribution >= 0.6 is 0 Å². The fourth-order valence-electron chi connectivity index (χ4n) is 1.61. The summed E-state index contributed by atoms with van der Waals surface area (Å²) >= 11 is 0. The lowest BCUT2D eigenvalue weighted by molar-refractivity contribution is -0.117. The van der Waals surface area contributed by atoms with Crippen molar-refractivity contribution in [2.75, 3.05) is 5.73 Å². The fourth-order valence-corrected chi connectivity index (χ4v) is 1.61. The number of anilines is 1. The Labute approximate surface area is 111 Å². The van der Waals surface area contributed by atoms with Gasteiger partial charge in [-0.2, -0.15) is 0 Å². The average molecular weight is 257 g/mol. The second kappa shape index (κ2) is 5.86. The maximum Gasteiger partial charge on any atom is 0.217 e. The predicted molar refractivity (Wildman–Crippen MR) is 72.7 cm³/mol. The molecule has 1 aromatic heterocycles. The molecule has 0 bridgehead atoms. The Morgan fingerprint density at radius 1 is 1.21 bits per heavy atom. The van der Waals surface area contributed by atoms with Gasteiger partial charge in [-0.15, -0.1) is 0 Å². The number of primary amides is 1. The number of nitrogens with two attached hydrogens (primary N) is 2. The lowest BCUT2D eigenvalue weighted by Crippen LogP contribution is -2.11. The van der Waals surface area contributed by atoms with Crippen LogP contribution in [-0.4, -0.2) is 10.9 Å². The van der Waals surface area contributed by atoms with Crippen LogP contribution in [0.4, 0.5) is 5.82 Å². The van der Waals surface area contributed by atoms with E-state index in [1.54, 1.807) is 18.3 Å². The number of pyridine rings is 1. The zero-order valence-corrected chi connectivity index (χ0v) is 10.4. The summed E-state index contributed by atoms with van der Waals surface area (Å²) in [5, 5.41) is 0. The van der Waals surface area contributed by atoms with Gasteiger partial charge in [-0.3, -0.25) is 4.79 Å². The fraction of sp³-hybridized carbons (Fsp3) is 0.143. The number of ether oxygens (including phenoxy) is 1. The van der Waals surface area contributed by atoms with Crippen molar-refractivity contribution in [2.45, 2.75) is 12.8 Å². The minimum atomic E-state index is -0.302. The zero-order valence-electron chi connectivity index (χ0n) is 10.4. The van der Waals surface area contributed by atoms with Crippen LogP contribution in [0.3, 0.4) is 0 Å². The van der Waals surface area contributed by atoms with E-state index in [9.17, 15) is 4.79 Å². The molecule has 0 aliphatic rings. The average Bonchev–Trinajstić information content (AvgIpc) is 2.40. The molecule has 19 heavy (non-hydrogen) atoms. The Balaban J connectivity index is 2.03. The molecule has 5 nitrogen and oxygen atoms in total. The Kier molecular flexibility index (Phi) is 3.97. The maximum absolute atomic E-state index is 10.7. The maximum atomic E-state index is 10.7. The van der Waals surface area contributed by atoms with Crippen molar-refractivity contribution in [2.24, 2.45) is 5.73 Å². The van der Waals surface area contributed by atoms with Gasteiger partial charge < -0.3 is 16.2 Å². The van der Waals surface area contributed by atoms with Crippen LogP contribution in [0.15, 0.2) is 42.6 Å². The number of hydrogen-bond acceptors (Lipinski definition) is 4. The Morgan fingerprint density at radius 3 is 2.58 bits per heavy atom. The molecule has 0 atom stereocenters. The quantitative estimate of drug-likeness (QED) is 0.855. The van der Waals surface area contributed by atoms with Crippen LogP contribution in [0, 0.1) is 0 Å². The number of hydrogen-bond donors (Lipinski definition) is 2. The molecule has 1 amide bonds. The van der Waals surface area contributed by atoms with Crippen molar-refractivity contribution < 1.29 is 9.53 Å². The second-order valence-electron chi connectivity index (χ2n) is 4.10.